The largest absolute Gasteiger partial charge is 0.478 e. The van der Waals surface area contributed by atoms with E-state index in [0.717, 1.165) is 48.6 Å². The predicted molar refractivity (Wildman–Crippen MR) is 127 cm³/mol. The van der Waals surface area contributed by atoms with Gasteiger partial charge in [0.25, 0.3) is 0 Å². The van der Waals surface area contributed by atoms with Gasteiger partial charge in [0, 0.05) is 65.7 Å². The highest BCUT2D eigenvalue weighted by molar-refractivity contribution is 6.11. The fourth-order valence-corrected chi connectivity index (χ4v) is 4.83. The van der Waals surface area contributed by atoms with Gasteiger partial charge in [0.05, 0.1) is 0 Å². The summed E-state index contributed by atoms with van der Waals surface area (Å²) in [6.07, 6.45) is 10.9. The minimum atomic E-state index is -1.26. The summed E-state index contributed by atoms with van der Waals surface area (Å²) in [7, 11) is 0. The van der Waals surface area contributed by atoms with Crippen LogP contribution in [0, 0.1) is 18.8 Å². The summed E-state index contributed by atoms with van der Waals surface area (Å²) in [5.41, 5.74) is 3.52. The average Bonchev–Trinajstić information content (AvgIpc) is 3.32. The summed E-state index contributed by atoms with van der Waals surface area (Å²) in [4.78, 5) is 36.8. The molecule has 8 nitrogen and oxygen atoms in total. The molecule has 2 N–H and O–H groups in total. The molecule has 2 heterocycles. The van der Waals surface area contributed by atoms with E-state index in [-0.39, 0.29) is 5.92 Å². The lowest BCUT2D eigenvalue weighted by atomic mass is 9.84. The first-order valence-electron chi connectivity index (χ1n) is 11.6. The molecule has 1 unspecified atom stereocenters. The minimum Gasteiger partial charge on any atom is -0.478 e. The Morgan fingerprint density at radius 3 is 2.38 bits per heavy atom. The van der Waals surface area contributed by atoms with Crippen molar-refractivity contribution in [2.75, 3.05) is 0 Å². The van der Waals surface area contributed by atoms with Gasteiger partial charge in [-0.1, -0.05) is 24.6 Å². The Hall–Kier alpha value is -3.68. The first-order chi connectivity index (χ1) is 16.3. The van der Waals surface area contributed by atoms with Crippen molar-refractivity contribution in [3.8, 4) is 0 Å². The van der Waals surface area contributed by atoms with Crippen LogP contribution in [0.5, 0.6) is 0 Å². The molecule has 0 radical (unpaired) electrons. The van der Waals surface area contributed by atoms with Crippen LogP contribution in [0.4, 0.5) is 0 Å². The Kier molecular flexibility index (Phi) is 6.95. The van der Waals surface area contributed by atoms with E-state index < -0.39 is 11.9 Å². The molecule has 3 aromatic rings. The van der Waals surface area contributed by atoms with Gasteiger partial charge < -0.3 is 19.3 Å². The second-order valence-electron chi connectivity index (χ2n) is 8.98. The number of benzene rings is 1. The molecular weight excluding hydrogens is 434 g/mol. The lowest BCUT2D eigenvalue weighted by Crippen LogP contribution is -2.28. The molecule has 34 heavy (non-hydrogen) atoms. The molecule has 2 aliphatic rings. The summed E-state index contributed by atoms with van der Waals surface area (Å²) in [5.74, 6) is -0.367. The van der Waals surface area contributed by atoms with E-state index in [9.17, 15) is 14.4 Å². The number of carboxylic acid groups (broad SMARTS) is 2. The molecule has 1 atom stereocenters. The number of carbonyl (C=O) groups excluding carboxylic acids is 1. The summed E-state index contributed by atoms with van der Waals surface area (Å²) in [6, 6.07) is 8.48. The maximum Gasteiger partial charge on any atom is 0.328 e. The van der Waals surface area contributed by atoms with Crippen LogP contribution in [0.15, 0.2) is 48.8 Å². The van der Waals surface area contributed by atoms with Gasteiger partial charge in [-0.15, -0.1) is 0 Å². The third-order valence-electron chi connectivity index (χ3n) is 6.80. The molecule has 8 heteroatoms. The Morgan fingerprint density at radius 1 is 1.09 bits per heavy atom. The average molecular weight is 464 g/mol. The number of aliphatic carboxylic acids is 2. The number of carboxylic acids is 2. The fourth-order valence-electron chi connectivity index (χ4n) is 4.83. The number of ketones is 1. The van der Waals surface area contributed by atoms with E-state index in [2.05, 4.69) is 38.4 Å². The lowest BCUT2D eigenvalue weighted by molar-refractivity contribution is -0.134. The molecule has 0 bridgehead atoms. The smallest absolute Gasteiger partial charge is 0.328 e. The number of aromatic nitrogens is 3. The van der Waals surface area contributed by atoms with Gasteiger partial charge in [-0.05, 0) is 44.6 Å². The van der Waals surface area contributed by atoms with Crippen molar-refractivity contribution in [1.29, 1.82) is 0 Å². The lowest BCUT2D eigenvalue weighted by Gasteiger charge is -2.29. The molecule has 0 aliphatic heterocycles. The topological polar surface area (TPSA) is 114 Å². The quantitative estimate of drug-likeness (QED) is 0.532. The van der Waals surface area contributed by atoms with Crippen molar-refractivity contribution in [3.05, 3.63) is 65.9 Å². The van der Waals surface area contributed by atoms with Crippen LogP contribution < -0.4 is 0 Å². The zero-order valence-electron chi connectivity index (χ0n) is 19.2. The number of hydrogen-bond donors (Lipinski definition) is 2. The second-order valence-corrected chi connectivity index (χ2v) is 8.98. The number of imidazole rings is 1. The van der Waals surface area contributed by atoms with E-state index in [1.54, 1.807) is 0 Å². The summed E-state index contributed by atoms with van der Waals surface area (Å²) >= 11 is 0. The van der Waals surface area contributed by atoms with E-state index in [1.807, 2.05) is 19.3 Å². The summed E-state index contributed by atoms with van der Waals surface area (Å²) in [6.45, 7) is 3.82. The maximum absolute atomic E-state index is 13.4. The number of rotatable bonds is 6. The normalized spacial score (nSPS) is 17.8. The Balaban J connectivity index is 0.000000297. The van der Waals surface area contributed by atoms with E-state index in [0.29, 0.717) is 17.9 Å². The third-order valence-corrected chi connectivity index (χ3v) is 6.80. The van der Waals surface area contributed by atoms with E-state index >= 15 is 0 Å². The molecule has 0 spiro atoms. The molecule has 1 saturated carbocycles. The minimum absolute atomic E-state index is 0.0540. The Morgan fingerprint density at radius 2 is 1.79 bits per heavy atom. The highest BCUT2D eigenvalue weighted by Crippen LogP contribution is 2.37. The van der Waals surface area contributed by atoms with Crippen molar-refractivity contribution < 1.29 is 24.6 Å². The molecule has 0 saturated heterocycles. The predicted octanol–water partition coefficient (Wildman–Crippen LogP) is 4.10. The van der Waals surface area contributed by atoms with Crippen molar-refractivity contribution in [1.82, 2.24) is 14.1 Å². The van der Waals surface area contributed by atoms with Gasteiger partial charge in [0.2, 0.25) is 0 Å². The van der Waals surface area contributed by atoms with Crippen LogP contribution in [-0.4, -0.2) is 42.1 Å². The van der Waals surface area contributed by atoms with Crippen LogP contribution >= 0.6 is 0 Å². The van der Waals surface area contributed by atoms with Crippen molar-refractivity contribution in [3.63, 3.8) is 0 Å². The summed E-state index contributed by atoms with van der Waals surface area (Å²) in [5, 5.41) is 16.8. The summed E-state index contributed by atoms with van der Waals surface area (Å²) < 4.78 is 4.58. The molecule has 1 aromatic carbocycles. The SMILES string of the molecule is Cc1nccn1CC1CCc2c(c3ccccc3n2CC2CCC2)C1=O.O=C(O)/C=C\C(=O)O. The van der Waals surface area contributed by atoms with Crippen LogP contribution in [0.1, 0.15) is 47.6 Å². The molecular formula is C26H29N3O5. The van der Waals surface area contributed by atoms with Gasteiger partial charge in [-0.25, -0.2) is 14.6 Å². The first-order valence-corrected chi connectivity index (χ1v) is 11.6. The number of nitrogens with zero attached hydrogens (tertiary/aromatic N) is 3. The van der Waals surface area contributed by atoms with Gasteiger partial charge in [-0.2, -0.15) is 0 Å². The molecule has 178 valence electrons. The van der Waals surface area contributed by atoms with Crippen molar-refractivity contribution in [2.24, 2.45) is 11.8 Å². The van der Waals surface area contributed by atoms with Gasteiger partial charge in [-0.3, -0.25) is 4.79 Å². The molecule has 2 aromatic heterocycles. The van der Waals surface area contributed by atoms with Crippen molar-refractivity contribution >= 4 is 28.6 Å². The van der Waals surface area contributed by atoms with Gasteiger partial charge >= 0.3 is 11.9 Å². The maximum atomic E-state index is 13.4. The van der Waals surface area contributed by atoms with Crippen LogP contribution in [-0.2, 0) is 29.1 Å². The zero-order valence-corrected chi connectivity index (χ0v) is 19.2. The van der Waals surface area contributed by atoms with Gasteiger partial charge in [0.15, 0.2) is 5.78 Å². The van der Waals surface area contributed by atoms with Crippen molar-refractivity contribution in [2.45, 2.75) is 52.1 Å². The molecule has 1 fully saturated rings. The fraction of sp³-hybridized carbons (Fsp3) is 0.385. The number of hydrogen-bond acceptors (Lipinski definition) is 4. The Bertz CT molecular complexity index is 1230. The molecule has 2 aliphatic carbocycles. The number of fused-ring (bicyclic) bond motifs is 3. The highest BCUT2D eigenvalue weighted by Gasteiger charge is 2.33. The third kappa shape index (κ3) is 4.95. The molecule has 0 amide bonds. The van der Waals surface area contributed by atoms with Crippen LogP contribution in [0.25, 0.3) is 10.9 Å². The van der Waals surface area contributed by atoms with E-state index in [4.69, 9.17) is 10.2 Å². The van der Waals surface area contributed by atoms with Crippen LogP contribution in [0.3, 0.4) is 0 Å². The first kappa shape index (κ1) is 23.5. The van der Waals surface area contributed by atoms with Crippen LogP contribution in [0.2, 0.25) is 0 Å². The number of Topliss-reactive ketones (excluding diaryl/α,β-unsaturated/α-hetero) is 1. The number of carbonyl (C=O) groups is 3. The number of aryl methyl sites for hydroxylation is 1. The number of para-hydroxylation sites is 1. The van der Waals surface area contributed by atoms with E-state index in [1.165, 1.54) is 30.5 Å². The Labute approximate surface area is 197 Å². The van der Waals surface area contributed by atoms with Gasteiger partial charge in [0.1, 0.15) is 5.82 Å². The standard InChI is InChI=1S/C22H25N3O.C4H4O4/c1-15-23-11-12-24(15)14-17-9-10-20-21(22(17)26)18-7-2-3-8-19(18)25(20)13-16-5-4-6-16;5-3(6)1-2-4(7)8/h2-3,7-8,11-12,16-17H,4-6,9-10,13-14H2,1H3;1-2H,(H,5,6)(H,7,8)/b;2-1-. The highest BCUT2D eigenvalue weighted by atomic mass is 16.4. The zero-order chi connectivity index (χ0) is 24.2. The monoisotopic (exact) mass is 463 g/mol. The molecule has 5 rings (SSSR count). The second kappa shape index (κ2) is 10.1.